The molecule has 0 unspecified atom stereocenters. The molecule has 1 aromatic carbocycles. The van der Waals surface area contributed by atoms with Gasteiger partial charge in [0.05, 0.1) is 6.54 Å². The number of hydrogen-bond acceptors (Lipinski definition) is 4. The SMILES string of the molecule is CC(C)(C)OC(=O)NCC(=O)NCCc1ccc(N)cc1. The van der Waals surface area contributed by atoms with Crippen LogP contribution in [0.25, 0.3) is 0 Å². The molecular formula is C15H23N3O3. The Morgan fingerprint density at radius 2 is 1.76 bits per heavy atom. The van der Waals surface area contributed by atoms with Crippen LogP contribution in [0.5, 0.6) is 0 Å². The van der Waals surface area contributed by atoms with Gasteiger partial charge in [-0.2, -0.15) is 0 Å². The minimum atomic E-state index is -0.601. The molecule has 4 N–H and O–H groups in total. The van der Waals surface area contributed by atoms with Gasteiger partial charge in [0.15, 0.2) is 0 Å². The summed E-state index contributed by atoms with van der Waals surface area (Å²) in [6.45, 7) is 5.69. The summed E-state index contributed by atoms with van der Waals surface area (Å²) in [6.07, 6.45) is 0.106. The van der Waals surface area contributed by atoms with Gasteiger partial charge in [-0.05, 0) is 44.9 Å². The minimum absolute atomic E-state index is 0.101. The number of nitrogens with one attached hydrogen (secondary N) is 2. The van der Waals surface area contributed by atoms with Crippen molar-refractivity contribution in [1.29, 1.82) is 0 Å². The van der Waals surface area contributed by atoms with Crippen molar-refractivity contribution >= 4 is 17.7 Å². The zero-order valence-corrected chi connectivity index (χ0v) is 12.7. The standard InChI is InChI=1S/C15H23N3O3/c1-15(2,3)21-14(20)18-10-13(19)17-9-8-11-4-6-12(16)7-5-11/h4-7H,8-10,16H2,1-3H3,(H,17,19)(H,18,20). The fourth-order valence-electron chi connectivity index (χ4n) is 1.56. The molecule has 2 amide bonds. The lowest BCUT2D eigenvalue weighted by Gasteiger charge is -2.19. The Balaban J connectivity index is 2.19. The van der Waals surface area contributed by atoms with Gasteiger partial charge in [0, 0.05) is 12.2 Å². The molecular weight excluding hydrogens is 270 g/mol. The Morgan fingerprint density at radius 1 is 1.14 bits per heavy atom. The molecule has 0 heterocycles. The molecule has 0 aliphatic heterocycles. The maximum Gasteiger partial charge on any atom is 0.408 e. The minimum Gasteiger partial charge on any atom is -0.444 e. The quantitative estimate of drug-likeness (QED) is 0.716. The Labute approximate surface area is 125 Å². The average molecular weight is 293 g/mol. The molecule has 1 aromatic rings. The van der Waals surface area contributed by atoms with Crippen LogP contribution in [0.2, 0.25) is 0 Å². The van der Waals surface area contributed by atoms with Crippen LogP contribution in [0.1, 0.15) is 26.3 Å². The Kier molecular flexibility index (Phi) is 6.02. The normalized spacial score (nSPS) is 10.8. The number of ether oxygens (including phenoxy) is 1. The first-order valence-electron chi connectivity index (χ1n) is 6.84. The smallest absolute Gasteiger partial charge is 0.408 e. The van der Waals surface area contributed by atoms with Gasteiger partial charge >= 0.3 is 6.09 Å². The highest BCUT2D eigenvalue weighted by atomic mass is 16.6. The number of hydrogen-bond donors (Lipinski definition) is 3. The highest BCUT2D eigenvalue weighted by molar-refractivity contribution is 5.82. The number of carbonyl (C=O) groups excluding carboxylic acids is 2. The number of alkyl carbamates (subject to hydrolysis) is 1. The first kappa shape index (κ1) is 16.8. The Bertz CT molecular complexity index is 478. The molecule has 0 atom stereocenters. The molecule has 0 aliphatic rings. The topological polar surface area (TPSA) is 93.4 Å². The molecule has 1 rings (SSSR count). The zero-order chi connectivity index (χ0) is 15.9. The number of nitrogen functional groups attached to an aromatic ring is 1. The van der Waals surface area contributed by atoms with Crippen molar-refractivity contribution in [2.45, 2.75) is 32.8 Å². The summed E-state index contributed by atoms with van der Waals surface area (Å²) in [5.74, 6) is -0.253. The predicted molar refractivity (Wildman–Crippen MR) is 81.8 cm³/mol. The maximum atomic E-state index is 11.6. The van der Waals surface area contributed by atoms with E-state index in [4.69, 9.17) is 10.5 Å². The van der Waals surface area contributed by atoms with E-state index in [0.29, 0.717) is 18.7 Å². The molecule has 0 aliphatic carbocycles. The van der Waals surface area contributed by atoms with Crippen molar-refractivity contribution in [1.82, 2.24) is 10.6 Å². The zero-order valence-electron chi connectivity index (χ0n) is 12.7. The highest BCUT2D eigenvalue weighted by Gasteiger charge is 2.16. The van der Waals surface area contributed by atoms with Gasteiger partial charge in [0.2, 0.25) is 5.91 Å². The van der Waals surface area contributed by atoms with Crippen LogP contribution in [-0.4, -0.2) is 30.7 Å². The lowest BCUT2D eigenvalue weighted by atomic mass is 10.1. The van der Waals surface area contributed by atoms with Gasteiger partial charge in [0.25, 0.3) is 0 Å². The van der Waals surface area contributed by atoms with Crippen molar-refractivity contribution in [3.8, 4) is 0 Å². The fourth-order valence-corrected chi connectivity index (χ4v) is 1.56. The van der Waals surface area contributed by atoms with E-state index in [2.05, 4.69) is 10.6 Å². The molecule has 0 aromatic heterocycles. The third kappa shape index (κ3) is 7.81. The number of rotatable bonds is 5. The first-order chi connectivity index (χ1) is 9.76. The van der Waals surface area contributed by atoms with E-state index in [1.807, 2.05) is 24.3 Å². The third-order valence-corrected chi connectivity index (χ3v) is 2.51. The van der Waals surface area contributed by atoms with Gasteiger partial charge in [-0.25, -0.2) is 4.79 Å². The van der Waals surface area contributed by atoms with Crippen molar-refractivity contribution in [3.63, 3.8) is 0 Å². The summed E-state index contributed by atoms with van der Waals surface area (Å²) in [7, 11) is 0. The summed E-state index contributed by atoms with van der Waals surface area (Å²) < 4.78 is 5.03. The van der Waals surface area contributed by atoms with Gasteiger partial charge in [-0.15, -0.1) is 0 Å². The molecule has 0 fully saturated rings. The van der Waals surface area contributed by atoms with Gasteiger partial charge in [0.1, 0.15) is 5.60 Å². The molecule has 116 valence electrons. The average Bonchev–Trinajstić information content (AvgIpc) is 2.37. The number of benzene rings is 1. The van der Waals surface area contributed by atoms with Crippen molar-refractivity contribution < 1.29 is 14.3 Å². The second kappa shape index (κ2) is 7.52. The second-order valence-electron chi connectivity index (χ2n) is 5.70. The lowest BCUT2D eigenvalue weighted by Crippen LogP contribution is -2.40. The summed E-state index contributed by atoms with van der Waals surface area (Å²) in [6, 6.07) is 7.48. The fraction of sp³-hybridized carbons (Fsp3) is 0.467. The van der Waals surface area contributed by atoms with E-state index in [-0.39, 0.29) is 12.5 Å². The van der Waals surface area contributed by atoms with E-state index in [1.54, 1.807) is 20.8 Å². The highest BCUT2D eigenvalue weighted by Crippen LogP contribution is 2.06. The molecule has 6 nitrogen and oxygen atoms in total. The lowest BCUT2D eigenvalue weighted by molar-refractivity contribution is -0.120. The summed E-state index contributed by atoms with van der Waals surface area (Å²) in [4.78, 5) is 22.9. The molecule has 21 heavy (non-hydrogen) atoms. The molecule has 0 spiro atoms. The van der Waals surface area contributed by atoms with Crippen LogP contribution in [0.15, 0.2) is 24.3 Å². The molecule has 0 saturated heterocycles. The number of nitrogens with two attached hydrogens (primary N) is 1. The summed E-state index contributed by atoms with van der Waals surface area (Å²) in [5, 5.41) is 5.13. The van der Waals surface area contributed by atoms with Crippen LogP contribution in [0.3, 0.4) is 0 Å². The monoisotopic (exact) mass is 293 g/mol. The van der Waals surface area contributed by atoms with Crippen LogP contribution < -0.4 is 16.4 Å². The molecule has 0 radical (unpaired) electrons. The Morgan fingerprint density at radius 3 is 2.33 bits per heavy atom. The number of amides is 2. The molecule has 0 bridgehead atoms. The van der Waals surface area contributed by atoms with Gasteiger partial charge in [-0.3, -0.25) is 4.79 Å². The molecule has 6 heteroatoms. The number of carbonyl (C=O) groups is 2. The maximum absolute atomic E-state index is 11.6. The number of anilines is 1. The second-order valence-corrected chi connectivity index (χ2v) is 5.70. The molecule has 0 saturated carbocycles. The van der Waals surface area contributed by atoms with Crippen LogP contribution >= 0.6 is 0 Å². The Hall–Kier alpha value is -2.24. The van der Waals surface area contributed by atoms with E-state index in [0.717, 1.165) is 5.56 Å². The third-order valence-electron chi connectivity index (χ3n) is 2.51. The van der Waals surface area contributed by atoms with E-state index >= 15 is 0 Å². The van der Waals surface area contributed by atoms with E-state index in [1.165, 1.54) is 0 Å². The van der Waals surface area contributed by atoms with Crippen molar-refractivity contribution in [2.75, 3.05) is 18.8 Å². The van der Waals surface area contributed by atoms with Crippen LogP contribution in [0.4, 0.5) is 10.5 Å². The van der Waals surface area contributed by atoms with Crippen molar-refractivity contribution in [3.05, 3.63) is 29.8 Å². The van der Waals surface area contributed by atoms with E-state index in [9.17, 15) is 9.59 Å². The van der Waals surface area contributed by atoms with Crippen LogP contribution in [0, 0.1) is 0 Å². The van der Waals surface area contributed by atoms with Gasteiger partial charge < -0.3 is 21.1 Å². The largest absolute Gasteiger partial charge is 0.444 e. The van der Waals surface area contributed by atoms with Crippen LogP contribution in [-0.2, 0) is 16.0 Å². The first-order valence-corrected chi connectivity index (χ1v) is 6.84. The predicted octanol–water partition coefficient (Wildman–Crippen LogP) is 1.45. The summed E-state index contributed by atoms with van der Waals surface area (Å²) in [5.41, 5.74) is 6.82. The summed E-state index contributed by atoms with van der Waals surface area (Å²) >= 11 is 0. The van der Waals surface area contributed by atoms with E-state index < -0.39 is 11.7 Å². The van der Waals surface area contributed by atoms with Crippen molar-refractivity contribution in [2.24, 2.45) is 0 Å². The van der Waals surface area contributed by atoms with Gasteiger partial charge in [-0.1, -0.05) is 12.1 Å².